The lowest BCUT2D eigenvalue weighted by Crippen LogP contribution is -2.23. The van der Waals surface area contributed by atoms with Gasteiger partial charge in [-0.05, 0) is 36.5 Å². The summed E-state index contributed by atoms with van der Waals surface area (Å²) in [5.74, 6) is 0. The van der Waals surface area contributed by atoms with Gasteiger partial charge in [-0.1, -0.05) is 12.1 Å². The summed E-state index contributed by atoms with van der Waals surface area (Å²) in [6, 6.07) is 6.44. The first-order chi connectivity index (χ1) is 10.9. The molecule has 0 saturated carbocycles. The van der Waals surface area contributed by atoms with E-state index in [-0.39, 0.29) is 6.04 Å². The van der Waals surface area contributed by atoms with E-state index in [1.807, 2.05) is 0 Å². The van der Waals surface area contributed by atoms with Gasteiger partial charge in [-0.3, -0.25) is 9.89 Å². The number of rotatable bonds is 3. The van der Waals surface area contributed by atoms with Crippen LogP contribution in [0.3, 0.4) is 0 Å². The van der Waals surface area contributed by atoms with Crippen LogP contribution >= 0.6 is 0 Å². The van der Waals surface area contributed by atoms with Crippen LogP contribution in [0.5, 0.6) is 0 Å². The lowest BCUT2D eigenvalue weighted by atomic mass is 9.86. The van der Waals surface area contributed by atoms with Crippen molar-refractivity contribution < 1.29 is 4.79 Å². The number of aryl methyl sites for hydroxylation is 1. The molecule has 0 aliphatic heterocycles. The molecule has 0 bridgehead atoms. The Bertz CT molecular complexity index is 841. The summed E-state index contributed by atoms with van der Waals surface area (Å²) in [4.78, 5) is 19.3. The topological polar surface area (TPSA) is 83.6 Å². The van der Waals surface area contributed by atoms with E-state index in [0.717, 1.165) is 48.0 Å². The molecule has 2 aromatic heterocycles. The van der Waals surface area contributed by atoms with Crippen LogP contribution in [0.25, 0.3) is 22.3 Å². The highest BCUT2D eigenvalue weighted by Crippen LogP contribution is 2.33. The third-order valence-corrected chi connectivity index (χ3v) is 4.25. The number of H-pyrrole nitrogens is 1. The minimum absolute atomic E-state index is 0.120. The SMILES string of the molecule is O=CNC1CCCc2cc(-c3ncnc4[nH]ncc34)ccc21. The second kappa shape index (κ2) is 5.22. The van der Waals surface area contributed by atoms with E-state index in [4.69, 9.17) is 0 Å². The van der Waals surface area contributed by atoms with Crippen LogP contribution in [0.1, 0.15) is 30.0 Å². The molecule has 0 spiro atoms. The molecule has 6 heteroatoms. The number of benzene rings is 1. The molecule has 1 aliphatic carbocycles. The minimum Gasteiger partial charge on any atom is -0.352 e. The molecule has 6 nitrogen and oxygen atoms in total. The molecule has 1 aromatic carbocycles. The van der Waals surface area contributed by atoms with Crippen molar-refractivity contribution in [3.8, 4) is 11.3 Å². The Morgan fingerprint density at radius 3 is 3.18 bits per heavy atom. The average Bonchev–Trinajstić information content (AvgIpc) is 3.03. The normalized spacial score (nSPS) is 17.2. The maximum absolute atomic E-state index is 10.7. The quantitative estimate of drug-likeness (QED) is 0.725. The zero-order valence-electron chi connectivity index (χ0n) is 11.9. The van der Waals surface area contributed by atoms with Crippen LogP contribution in [0.4, 0.5) is 0 Å². The summed E-state index contributed by atoms with van der Waals surface area (Å²) in [6.45, 7) is 0. The molecule has 22 heavy (non-hydrogen) atoms. The molecular weight excluding hydrogens is 278 g/mol. The molecule has 0 saturated heterocycles. The highest BCUT2D eigenvalue weighted by molar-refractivity contribution is 5.89. The Kier molecular flexibility index (Phi) is 3.07. The highest BCUT2D eigenvalue weighted by Gasteiger charge is 2.20. The summed E-state index contributed by atoms with van der Waals surface area (Å²) in [6.07, 6.45) is 7.18. The van der Waals surface area contributed by atoms with Crippen molar-refractivity contribution in [2.45, 2.75) is 25.3 Å². The van der Waals surface area contributed by atoms with Crippen molar-refractivity contribution in [1.29, 1.82) is 0 Å². The second-order valence-corrected chi connectivity index (χ2v) is 5.50. The van der Waals surface area contributed by atoms with Crippen LogP contribution in [-0.4, -0.2) is 26.6 Å². The van der Waals surface area contributed by atoms with Crippen LogP contribution in [0.2, 0.25) is 0 Å². The average molecular weight is 293 g/mol. The molecule has 1 unspecified atom stereocenters. The smallest absolute Gasteiger partial charge is 0.207 e. The van der Waals surface area contributed by atoms with E-state index < -0.39 is 0 Å². The molecule has 1 aliphatic rings. The fourth-order valence-corrected chi connectivity index (χ4v) is 3.21. The number of carbonyl (C=O) groups is 1. The number of aromatic amines is 1. The molecule has 0 fully saturated rings. The van der Waals surface area contributed by atoms with Crippen LogP contribution < -0.4 is 5.32 Å². The Morgan fingerprint density at radius 2 is 2.27 bits per heavy atom. The van der Waals surface area contributed by atoms with E-state index in [2.05, 4.69) is 43.7 Å². The number of amides is 1. The molecule has 110 valence electrons. The molecule has 2 heterocycles. The molecule has 3 aromatic rings. The van der Waals surface area contributed by atoms with Crippen molar-refractivity contribution >= 4 is 17.4 Å². The van der Waals surface area contributed by atoms with Gasteiger partial charge in [0, 0.05) is 5.56 Å². The van der Waals surface area contributed by atoms with Gasteiger partial charge in [0.1, 0.15) is 6.33 Å². The van der Waals surface area contributed by atoms with Gasteiger partial charge in [-0.25, -0.2) is 9.97 Å². The van der Waals surface area contributed by atoms with Gasteiger partial charge in [-0.15, -0.1) is 0 Å². The van der Waals surface area contributed by atoms with Gasteiger partial charge < -0.3 is 5.32 Å². The van der Waals surface area contributed by atoms with Crippen LogP contribution in [0.15, 0.2) is 30.7 Å². The Hall–Kier alpha value is -2.76. The van der Waals surface area contributed by atoms with E-state index >= 15 is 0 Å². The molecule has 1 amide bonds. The first-order valence-corrected chi connectivity index (χ1v) is 7.34. The fourth-order valence-electron chi connectivity index (χ4n) is 3.21. The summed E-state index contributed by atoms with van der Waals surface area (Å²) in [7, 11) is 0. The van der Waals surface area contributed by atoms with E-state index in [1.165, 1.54) is 11.1 Å². The summed E-state index contributed by atoms with van der Waals surface area (Å²) < 4.78 is 0. The minimum atomic E-state index is 0.120. The Balaban J connectivity index is 1.81. The lowest BCUT2D eigenvalue weighted by molar-refractivity contribution is -0.110. The first-order valence-electron chi connectivity index (χ1n) is 7.34. The molecule has 1 atom stereocenters. The van der Waals surface area contributed by atoms with Gasteiger partial charge in [0.15, 0.2) is 5.65 Å². The summed E-state index contributed by atoms with van der Waals surface area (Å²) in [5, 5.41) is 10.7. The number of aromatic nitrogens is 4. The second-order valence-electron chi connectivity index (χ2n) is 5.50. The fraction of sp³-hybridized carbons (Fsp3) is 0.250. The first kappa shape index (κ1) is 12.9. The van der Waals surface area contributed by atoms with E-state index in [1.54, 1.807) is 12.5 Å². The monoisotopic (exact) mass is 293 g/mol. The summed E-state index contributed by atoms with van der Waals surface area (Å²) >= 11 is 0. The standard InChI is InChI=1S/C16H15N5O/c22-9-19-14-3-1-2-10-6-11(4-5-12(10)14)15-13-7-20-21-16(13)18-8-17-15/h4-9,14H,1-3H2,(H,19,22)(H,17,18,20,21). The number of fused-ring (bicyclic) bond motifs is 2. The zero-order valence-corrected chi connectivity index (χ0v) is 11.9. The van der Waals surface area contributed by atoms with Gasteiger partial charge in [0.2, 0.25) is 6.41 Å². The highest BCUT2D eigenvalue weighted by atomic mass is 16.1. The predicted molar refractivity (Wildman–Crippen MR) is 82.0 cm³/mol. The number of carbonyl (C=O) groups excluding carboxylic acids is 1. The van der Waals surface area contributed by atoms with E-state index in [0.29, 0.717) is 0 Å². The molecule has 4 rings (SSSR count). The van der Waals surface area contributed by atoms with Crippen molar-refractivity contribution in [3.05, 3.63) is 41.9 Å². The van der Waals surface area contributed by atoms with Crippen molar-refractivity contribution in [2.24, 2.45) is 0 Å². The predicted octanol–water partition coefficient (Wildman–Crippen LogP) is 2.14. The van der Waals surface area contributed by atoms with Crippen LogP contribution in [-0.2, 0) is 11.2 Å². The number of hydrogen-bond acceptors (Lipinski definition) is 4. The summed E-state index contributed by atoms with van der Waals surface area (Å²) in [5.41, 5.74) is 5.16. The third kappa shape index (κ3) is 2.04. The van der Waals surface area contributed by atoms with Crippen LogP contribution in [0, 0.1) is 0 Å². The third-order valence-electron chi connectivity index (χ3n) is 4.25. The van der Waals surface area contributed by atoms with Crippen molar-refractivity contribution in [2.75, 3.05) is 0 Å². The largest absolute Gasteiger partial charge is 0.352 e. The number of hydrogen-bond donors (Lipinski definition) is 2. The molecule has 2 N–H and O–H groups in total. The van der Waals surface area contributed by atoms with Gasteiger partial charge in [0.05, 0.1) is 23.3 Å². The van der Waals surface area contributed by atoms with Crippen molar-refractivity contribution in [3.63, 3.8) is 0 Å². The zero-order chi connectivity index (χ0) is 14.9. The maximum atomic E-state index is 10.7. The molecular formula is C16H15N5O. The maximum Gasteiger partial charge on any atom is 0.207 e. The Morgan fingerprint density at radius 1 is 1.32 bits per heavy atom. The molecule has 0 radical (unpaired) electrons. The lowest BCUT2D eigenvalue weighted by Gasteiger charge is -2.25. The van der Waals surface area contributed by atoms with Gasteiger partial charge in [-0.2, -0.15) is 5.10 Å². The van der Waals surface area contributed by atoms with Gasteiger partial charge >= 0.3 is 0 Å². The number of nitrogens with one attached hydrogen (secondary N) is 2. The Labute approximate surface area is 127 Å². The van der Waals surface area contributed by atoms with Gasteiger partial charge in [0.25, 0.3) is 0 Å². The number of nitrogens with zero attached hydrogens (tertiary/aromatic N) is 3. The van der Waals surface area contributed by atoms with Crippen molar-refractivity contribution in [1.82, 2.24) is 25.5 Å². The van der Waals surface area contributed by atoms with E-state index in [9.17, 15) is 4.79 Å².